The lowest BCUT2D eigenvalue weighted by Crippen LogP contribution is -2.34. The van der Waals surface area contributed by atoms with E-state index < -0.39 is 6.04 Å². The van der Waals surface area contributed by atoms with Gasteiger partial charge in [0.25, 0.3) is 5.91 Å². The summed E-state index contributed by atoms with van der Waals surface area (Å²) in [5.74, 6) is -1.05. The van der Waals surface area contributed by atoms with Crippen molar-refractivity contribution in [1.82, 2.24) is 0 Å². The van der Waals surface area contributed by atoms with Gasteiger partial charge in [-0.1, -0.05) is 23.7 Å². The van der Waals surface area contributed by atoms with Crippen molar-refractivity contribution in [3.63, 3.8) is 0 Å². The van der Waals surface area contributed by atoms with Gasteiger partial charge in [0.05, 0.1) is 12.1 Å². The Labute approximate surface area is 144 Å². The molecule has 1 aliphatic rings. The Balaban J connectivity index is 1.83. The van der Waals surface area contributed by atoms with Gasteiger partial charge in [-0.15, -0.1) is 0 Å². The van der Waals surface area contributed by atoms with Crippen molar-refractivity contribution >= 4 is 34.8 Å². The summed E-state index contributed by atoms with van der Waals surface area (Å²) in [5, 5.41) is 3.42. The third-order valence-electron chi connectivity index (χ3n) is 4.07. The molecule has 1 saturated heterocycles. The molecule has 1 N–H and O–H groups in total. The van der Waals surface area contributed by atoms with Crippen molar-refractivity contribution in [2.75, 3.05) is 10.2 Å². The van der Waals surface area contributed by atoms with Crippen LogP contribution in [0.25, 0.3) is 0 Å². The summed E-state index contributed by atoms with van der Waals surface area (Å²) in [5.41, 5.74) is 2.29. The first-order valence-corrected chi connectivity index (χ1v) is 7.90. The zero-order valence-electron chi connectivity index (χ0n) is 13.3. The molecule has 1 aliphatic heterocycles. The normalized spacial score (nSPS) is 17.5. The van der Waals surface area contributed by atoms with Crippen LogP contribution in [0.2, 0.25) is 5.02 Å². The predicted octanol–water partition coefficient (Wildman–Crippen LogP) is 3.84. The van der Waals surface area contributed by atoms with Gasteiger partial charge in [-0.3, -0.25) is 9.59 Å². The van der Waals surface area contributed by atoms with E-state index in [1.54, 1.807) is 37.3 Å². The highest BCUT2D eigenvalue weighted by Gasteiger charge is 2.39. The van der Waals surface area contributed by atoms with E-state index in [-0.39, 0.29) is 24.1 Å². The molecule has 0 radical (unpaired) electrons. The molecule has 0 saturated carbocycles. The molecule has 24 heavy (non-hydrogen) atoms. The van der Waals surface area contributed by atoms with Crippen LogP contribution in [0.15, 0.2) is 36.4 Å². The molecule has 4 nitrogen and oxygen atoms in total. The van der Waals surface area contributed by atoms with Crippen LogP contribution < -0.4 is 10.2 Å². The number of hydrogen-bond donors (Lipinski definition) is 1. The van der Waals surface area contributed by atoms with Gasteiger partial charge in [0.2, 0.25) is 5.91 Å². The Bertz CT molecular complexity index is 838. The molecule has 0 unspecified atom stereocenters. The fraction of sp³-hybridized carbons (Fsp3) is 0.222. The largest absolute Gasteiger partial charge is 0.373 e. The minimum atomic E-state index is -0.723. The van der Waals surface area contributed by atoms with Crippen molar-refractivity contribution in [1.29, 1.82) is 0 Å². The molecule has 2 aromatic rings. The fourth-order valence-corrected chi connectivity index (χ4v) is 2.80. The van der Waals surface area contributed by atoms with E-state index in [0.29, 0.717) is 22.0 Å². The summed E-state index contributed by atoms with van der Waals surface area (Å²) < 4.78 is 13.6. The molecule has 1 heterocycles. The molecule has 0 aromatic heterocycles. The smallest absolute Gasteiger partial charge is 0.256 e. The average molecular weight is 347 g/mol. The first kappa shape index (κ1) is 16.5. The second-order valence-corrected chi connectivity index (χ2v) is 6.27. The standard InChI is InChI=1S/C18H16ClFN2O2/c1-10-4-6-13(8-14(10)19)22-17(23)9-16(18(22)24)21-12-5-3-11(2)15(20)7-12/h3-8,16,21H,9H2,1-2H3/t16-/m0/s1. The molecular weight excluding hydrogens is 331 g/mol. The SMILES string of the molecule is Cc1ccc(N[C@H]2CC(=O)N(c3ccc(C)c(Cl)c3)C2=O)cc1F. The van der Waals surface area contributed by atoms with Gasteiger partial charge in [-0.2, -0.15) is 0 Å². The predicted molar refractivity (Wildman–Crippen MR) is 91.8 cm³/mol. The van der Waals surface area contributed by atoms with E-state index in [0.717, 1.165) is 10.5 Å². The lowest BCUT2D eigenvalue weighted by atomic mass is 10.2. The minimum Gasteiger partial charge on any atom is -0.373 e. The molecule has 2 aromatic carbocycles. The summed E-state index contributed by atoms with van der Waals surface area (Å²) in [7, 11) is 0. The maximum Gasteiger partial charge on any atom is 0.256 e. The molecule has 2 amide bonds. The highest BCUT2D eigenvalue weighted by Crippen LogP contribution is 2.28. The zero-order valence-corrected chi connectivity index (χ0v) is 14.0. The number of aryl methyl sites for hydroxylation is 2. The van der Waals surface area contributed by atoms with Crippen molar-refractivity contribution in [3.05, 3.63) is 58.4 Å². The Morgan fingerprint density at radius 1 is 1.12 bits per heavy atom. The monoisotopic (exact) mass is 346 g/mol. The fourth-order valence-electron chi connectivity index (χ4n) is 2.62. The molecule has 124 valence electrons. The van der Waals surface area contributed by atoms with Gasteiger partial charge in [0, 0.05) is 10.7 Å². The third-order valence-corrected chi connectivity index (χ3v) is 4.48. The van der Waals surface area contributed by atoms with E-state index in [9.17, 15) is 14.0 Å². The van der Waals surface area contributed by atoms with Crippen molar-refractivity contribution in [2.24, 2.45) is 0 Å². The molecular formula is C18H16ClFN2O2. The highest BCUT2D eigenvalue weighted by molar-refractivity contribution is 6.32. The number of nitrogens with one attached hydrogen (secondary N) is 1. The number of imide groups is 1. The van der Waals surface area contributed by atoms with Crippen LogP contribution in [0.4, 0.5) is 15.8 Å². The van der Waals surface area contributed by atoms with Gasteiger partial charge in [0.1, 0.15) is 11.9 Å². The summed E-state index contributed by atoms with van der Waals surface area (Å²) in [6.45, 7) is 3.50. The molecule has 0 spiro atoms. The Morgan fingerprint density at radius 3 is 2.50 bits per heavy atom. The minimum absolute atomic E-state index is 0.0137. The first-order chi connectivity index (χ1) is 11.4. The first-order valence-electron chi connectivity index (χ1n) is 7.52. The topological polar surface area (TPSA) is 49.4 Å². The van der Waals surface area contributed by atoms with Crippen molar-refractivity contribution in [2.45, 2.75) is 26.3 Å². The van der Waals surface area contributed by atoms with Crippen molar-refractivity contribution < 1.29 is 14.0 Å². The van der Waals surface area contributed by atoms with Crippen LogP contribution in [0.5, 0.6) is 0 Å². The number of carbonyl (C=O) groups excluding carboxylic acids is 2. The number of benzene rings is 2. The van der Waals surface area contributed by atoms with Gasteiger partial charge in [0.15, 0.2) is 0 Å². The summed E-state index contributed by atoms with van der Waals surface area (Å²) >= 11 is 6.08. The molecule has 1 atom stereocenters. The van der Waals surface area contributed by atoms with Gasteiger partial charge < -0.3 is 5.32 Å². The maximum atomic E-state index is 13.6. The van der Waals surface area contributed by atoms with Crippen LogP contribution in [-0.2, 0) is 9.59 Å². The molecule has 1 fully saturated rings. The second-order valence-electron chi connectivity index (χ2n) is 5.87. The van der Waals surface area contributed by atoms with E-state index in [2.05, 4.69) is 5.32 Å². The highest BCUT2D eigenvalue weighted by atomic mass is 35.5. The molecule has 3 rings (SSSR count). The summed E-state index contributed by atoms with van der Waals surface area (Å²) in [4.78, 5) is 25.9. The lowest BCUT2D eigenvalue weighted by molar-refractivity contribution is -0.121. The summed E-state index contributed by atoms with van der Waals surface area (Å²) in [6.07, 6.45) is 0.0137. The van der Waals surface area contributed by atoms with E-state index in [1.807, 2.05) is 6.92 Å². The van der Waals surface area contributed by atoms with E-state index in [4.69, 9.17) is 11.6 Å². The number of anilines is 2. The van der Waals surface area contributed by atoms with Gasteiger partial charge >= 0.3 is 0 Å². The average Bonchev–Trinajstić information content (AvgIpc) is 2.80. The van der Waals surface area contributed by atoms with Crippen LogP contribution in [0.3, 0.4) is 0 Å². The van der Waals surface area contributed by atoms with E-state index in [1.165, 1.54) is 6.07 Å². The number of hydrogen-bond acceptors (Lipinski definition) is 3. The van der Waals surface area contributed by atoms with Crippen LogP contribution in [0, 0.1) is 19.7 Å². The number of halogens is 2. The van der Waals surface area contributed by atoms with Gasteiger partial charge in [-0.05, 0) is 49.2 Å². The Morgan fingerprint density at radius 2 is 1.83 bits per heavy atom. The van der Waals surface area contributed by atoms with Crippen molar-refractivity contribution in [3.8, 4) is 0 Å². The second kappa shape index (κ2) is 6.24. The van der Waals surface area contributed by atoms with Crippen LogP contribution >= 0.6 is 11.6 Å². The quantitative estimate of drug-likeness (QED) is 0.859. The molecule has 0 aliphatic carbocycles. The number of carbonyl (C=O) groups is 2. The molecule has 6 heteroatoms. The maximum absolute atomic E-state index is 13.6. The Kier molecular flexibility index (Phi) is 4.28. The van der Waals surface area contributed by atoms with Gasteiger partial charge in [-0.25, -0.2) is 9.29 Å². The number of rotatable bonds is 3. The van der Waals surface area contributed by atoms with Crippen LogP contribution in [-0.4, -0.2) is 17.9 Å². The Hall–Kier alpha value is -2.40. The third kappa shape index (κ3) is 2.99. The van der Waals surface area contributed by atoms with Crippen LogP contribution in [0.1, 0.15) is 17.5 Å². The zero-order chi connectivity index (χ0) is 17.4. The molecule has 0 bridgehead atoms. The number of nitrogens with zero attached hydrogens (tertiary/aromatic N) is 1. The van der Waals surface area contributed by atoms with E-state index >= 15 is 0 Å². The number of amides is 2. The summed E-state index contributed by atoms with van der Waals surface area (Å²) in [6, 6.07) is 8.94. The lowest BCUT2D eigenvalue weighted by Gasteiger charge is -2.17.